The Kier molecular flexibility index (Phi) is 5.67. The van der Waals surface area contributed by atoms with E-state index in [2.05, 4.69) is 5.32 Å². The molecule has 0 bridgehead atoms. The SMILES string of the molecule is COCC(O)CCNc1ccc(S(N)(=O)=O)cc1F. The highest BCUT2D eigenvalue weighted by Gasteiger charge is 2.11. The summed E-state index contributed by atoms with van der Waals surface area (Å²) in [6.45, 7) is 0.532. The minimum absolute atomic E-state index is 0.150. The van der Waals surface area contributed by atoms with Crippen molar-refractivity contribution in [3.05, 3.63) is 24.0 Å². The second kappa shape index (κ2) is 6.80. The summed E-state index contributed by atoms with van der Waals surface area (Å²) in [7, 11) is -2.43. The Hall–Kier alpha value is -1.22. The van der Waals surface area contributed by atoms with Gasteiger partial charge in [-0.25, -0.2) is 17.9 Å². The second-order valence-electron chi connectivity index (χ2n) is 4.01. The molecule has 6 nitrogen and oxygen atoms in total. The van der Waals surface area contributed by atoms with Crippen molar-refractivity contribution in [3.8, 4) is 0 Å². The van der Waals surface area contributed by atoms with Gasteiger partial charge >= 0.3 is 0 Å². The zero-order valence-corrected chi connectivity index (χ0v) is 11.3. The molecule has 0 fully saturated rings. The van der Waals surface area contributed by atoms with Crippen molar-refractivity contribution in [2.24, 2.45) is 5.14 Å². The molecule has 0 aliphatic rings. The van der Waals surface area contributed by atoms with Crippen LogP contribution in [0.2, 0.25) is 0 Å². The molecule has 0 amide bonds. The maximum absolute atomic E-state index is 13.6. The van der Waals surface area contributed by atoms with Gasteiger partial charge in [0, 0.05) is 13.7 Å². The van der Waals surface area contributed by atoms with Crippen LogP contribution in [0.4, 0.5) is 10.1 Å². The Bertz CT molecular complexity index is 521. The Balaban J connectivity index is 2.61. The number of nitrogens with one attached hydrogen (secondary N) is 1. The third kappa shape index (κ3) is 5.11. The first-order valence-corrected chi connectivity index (χ1v) is 7.12. The molecule has 4 N–H and O–H groups in total. The number of aliphatic hydroxyl groups excluding tert-OH is 1. The Labute approximate surface area is 111 Å². The Morgan fingerprint density at radius 2 is 2.21 bits per heavy atom. The number of anilines is 1. The van der Waals surface area contributed by atoms with Gasteiger partial charge in [0.05, 0.1) is 23.3 Å². The van der Waals surface area contributed by atoms with E-state index in [4.69, 9.17) is 9.88 Å². The van der Waals surface area contributed by atoms with E-state index in [9.17, 15) is 17.9 Å². The van der Waals surface area contributed by atoms with Gasteiger partial charge in [0.15, 0.2) is 0 Å². The van der Waals surface area contributed by atoms with Crippen LogP contribution in [0.5, 0.6) is 0 Å². The molecule has 1 atom stereocenters. The number of sulfonamides is 1. The number of ether oxygens (including phenoxy) is 1. The van der Waals surface area contributed by atoms with Gasteiger partial charge in [0.25, 0.3) is 0 Å². The number of primary sulfonamides is 1. The monoisotopic (exact) mass is 292 g/mol. The van der Waals surface area contributed by atoms with Crippen molar-refractivity contribution in [1.29, 1.82) is 0 Å². The topological polar surface area (TPSA) is 102 Å². The molecule has 0 aliphatic heterocycles. The predicted octanol–water partition coefficient (Wildman–Crippen LogP) is 0.282. The van der Waals surface area contributed by atoms with E-state index in [-0.39, 0.29) is 17.2 Å². The zero-order chi connectivity index (χ0) is 14.5. The summed E-state index contributed by atoms with van der Waals surface area (Å²) in [5.74, 6) is -0.715. The average molecular weight is 292 g/mol. The van der Waals surface area contributed by atoms with Gasteiger partial charge in [-0.3, -0.25) is 0 Å². The average Bonchev–Trinajstić information content (AvgIpc) is 2.30. The molecule has 19 heavy (non-hydrogen) atoms. The lowest BCUT2D eigenvalue weighted by molar-refractivity contribution is 0.0615. The molecule has 0 saturated heterocycles. The molecule has 1 unspecified atom stereocenters. The molecule has 0 spiro atoms. The molecule has 108 valence electrons. The quantitative estimate of drug-likeness (QED) is 0.670. The Morgan fingerprint density at radius 1 is 1.53 bits per heavy atom. The molecular formula is C11H17FN2O4S. The largest absolute Gasteiger partial charge is 0.391 e. The molecule has 0 saturated carbocycles. The number of hydrogen-bond acceptors (Lipinski definition) is 5. The Morgan fingerprint density at radius 3 is 2.74 bits per heavy atom. The molecule has 0 aliphatic carbocycles. The summed E-state index contributed by atoms with van der Waals surface area (Å²) in [4.78, 5) is -0.282. The third-order valence-corrected chi connectivity index (χ3v) is 3.33. The van der Waals surface area contributed by atoms with Crippen LogP contribution in [-0.2, 0) is 14.8 Å². The van der Waals surface area contributed by atoms with Gasteiger partial charge < -0.3 is 15.2 Å². The van der Waals surface area contributed by atoms with Gasteiger partial charge in [-0.05, 0) is 24.6 Å². The molecule has 0 heterocycles. The van der Waals surface area contributed by atoms with Gasteiger partial charge in [0.2, 0.25) is 10.0 Å². The van der Waals surface area contributed by atoms with Gasteiger partial charge in [-0.2, -0.15) is 0 Å². The minimum Gasteiger partial charge on any atom is -0.391 e. The van der Waals surface area contributed by atoms with Crippen molar-refractivity contribution in [1.82, 2.24) is 0 Å². The van der Waals surface area contributed by atoms with Crippen molar-refractivity contribution >= 4 is 15.7 Å². The van der Waals surface area contributed by atoms with E-state index >= 15 is 0 Å². The van der Waals surface area contributed by atoms with Gasteiger partial charge in [0.1, 0.15) is 5.82 Å². The first-order chi connectivity index (χ1) is 8.84. The lowest BCUT2D eigenvalue weighted by Crippen LogP contribution is -2.18. The highest BCUT2D eigenvalue weighted by molar-refractivity contribution is 7.89. The second-order valence-corrected chi connectivity index (χ2v) is 5.57. The number of hydrogen-bond donors (Lipinski definition) is 3. The summed E-state index contributed by atoms with van der Waals surface area (Å²) in [6.07, 6.45) is -0.256. The number of aliphatic hydroxyl groups is 1. The normalized spacial score (nSPS) is 13.3. The molecule has 1 rings (SSSR count). The zero-order valence-electron chi connectivity index (χ0n) is 10.5. The summed E-state index contributed by atoms with van der Waals surface area (Å²) in [5, 5.41) is 17.0. The van der Waals surface area contributed by atoms with Crippen LogP contribution in [0.15, 0.2) is 23.1 Å². The molecule has 1 aromatic carbocycles. The highest BCUT2D eigenvalue weighted by Crippen LogP contribution is 2.18. The van der Waals surface area contributed by atoms with E-state index in [1.165, 1.54) is 19.2 Å². The van der Waals surface area contributed by atoms with Crippen LogP contribution >= 0.6 is 0 Å². The maximum Gasteiger partial charge on any atom is 0.238 e. The standard InChI is InChI=1S/C11H17FN2O4S/c1-18-7-8(15)4-5-14-11-3-2-9(6-10(11)12)19(13,16)17/h2-3,6,8,14-15H,4-5,7H2,1H3,(H2,13,16,17). The van der Waals surface area contributed by atoms with Crippen molar-refractivity contribution in [3.63, 3.8) is 0 Å². The molecule has 0 aromatic heterocycles. The fraction of sp³-hybridized carbons (Fsp3) is 0.455. The lowest BCUT2D eigenvalue weighted by Gasteiger charge is -2.11. The van der Waals surface area contributed by atoms with Crippen molar-refractivity contribution in [2.75, 3.05) is 25.6 Å². The number of rotatable bonds is 7. The van der Waals surface area contributed by atoms with Crippen molar-refractivity contribution < 1.29 is 22.7 Å². The maximum atomic E-state index is 13.6. The fourth-order valence-corrected chi connectivity index (χ4v) is 1.99. The molecule has 1 aromatic rings. The smallest absolute Gasteiger partial charge is 0.238 e. The summed E-state index contributed by atoms with van der Waals surface area (Å²) in [6, 6.07) is 3.35. The third-order valence-electron chi connectivity index (χ3n) is 2.42. The first-order valence-electron chi connectivity index (χ1n) is 5.58. The van der Waals surface area contributed by atoms with Crippen molar-refractivity contribution in [2.45, 2.75) is 17.4 Å². The van der Waals surface area contributed by atoms with Crippen LogP contribution in [0.1, 0.15) is 6.42 Å². The summed E-state index contributed by atoms with van der Waals surface area (Å²) < 4.78 is 40.4. The number of benzene rings is 1. The molecule has 0 radical (unpaired) electrons. The van der Waals surface area contributed by atoms with E-state index in [0.29, 0.717) is 13.0 Å². The van der Waals surface area contributed by atoms with Crippen LogP contribution < -0.4 is 10.5 Å². The minimum atomic E-state index is -3.91. The van der Waals surface area contributed by atoms with E-state index < -0.39 is 21.9 Å². The fourth-order valence-electron chi connectivity index (χ4n) is 1.47. The molecule has 8 heteroatoms. The van der Waals surface area contributed by atoms with Crippen LogP contribution in [0.25, 0.3) is 0 Å². The van der Waals surface area contributed by atoms with E-state index in [0.717, 1.165) is 6.07 Å². The number of halogens is 1. The lowest BCUT2D eigenvalue weighted by atomic mass is 10.2. The van der Waals surface area contributed by atoms with E-state index in [1.807, 2.05) is 0 Å². The summed E-state index contributed by atoms with van der Waals surface area (Å²) in [5.41, 5.74) is 0.150. The summed E-state index contributed by atoms with van der Waals surface area (Å²) >= 11 is 0. The van der Waals surface area contributed by atoms with Gasteiger partial charge in [-0.1, -0.05) is 0 Å². The molecular weight excluding hydrogens is 275 g/mol. The first kappa shape index (κ1) is 15.8. The highest BCUT2D eigenvalue weighted by atomic mass is 32.2. The van der Waals surface area contributed by atoms with E-state index in [1.54, 1.807) is 0 Å². The number of nitrogens with two attached hydrogens (primary N) is 1. The van der Waals surface area contributed by atoms with Crippen LogP contribution in [0.3, 0.4) is 0 Å². The van der Waals surface area contributed by atoms with Gasteiger partial charge in [-0.15, -0.1) is 0 Å². The van der Waals surface area contributed by atoms with Crippen LogP contribution in [-0.4, -0.2) is 39.9 Å². The predicted molar refractivity (Wildman–Crippen MR) is 68.8 cm³/mol. The van der Waals surface area contributed by atoms with Crippen LogP contribution in [0, 0.1) is 5.82 Å². The number of methoxy groups -OCH3 is 1.